The summed E-state index contributed by atoms with van der Waals surface area (Å²) in [6.45, 7) is 3.93. The normalized spacial score (nSPS) is 15.9. The zero-order valence-electron chi connectivity index (χ0n) is 18.0. The first kappa shape index (κ1) is 23.4. The van der Waals surface area contributed by atoms with Gasteiger partial charge in [0.2, 0.25) is 5.91 Å². The number of hydrogen-bond acceptors (Lipinski definition) is 4. The highest BCUT2D eigenvalue weighted by molar-refractivity contribution is 6.35. The lowest BCUT2D eigenvalue weighted by Gasteiger charge is -2.29. The molecule has 31 heavy (non-hydrogen) atoms. The Morgan fingerprint density at radius 1 is 1.13 bits per heavy atom. The molecule has 0 saturated heterocycles. The lowest BCUT2D eigenvalue weighted by Crippen LogP contribution is -2.38. The van der Waals surface area contributed by atoms with Crippen molar-refractivity contribution < 1.29 is 19.1 Å². The minimum absolute atomic E-state index is 0.0577. The summed E-state index contributed by atoms with van der Waals surface area (Å²) in [5, 5.41) is 4.00. The molecule has 1 fully saturated rings. The first-order valence-corrected chi connectivity index (χ1v) is 11.2. The van der Waals surface area contributed by atoms with E-state index >= 15 is 0 Å². The maximum absolute atomic E-state index is 13.5. The smallest absolute Gasteiger partial charge is 0.341 e. The molecule has 0 radical (unpaired) electrons. The van der Waals surface area contributed by atoms with E-state index in [1.807, 2.05) is 19.9 Å². The number of nitrogens with one attached hydrogen (secondary N) is 1. The van der Waals surface area contributed by atoms with E-state index in [2.05, 4.69) is 5.32 Å². The van der Waals surface area contributed by atoms with E-state index in [9.17, 15) is 9.59 Å². The summed E-state index contributed by atoms with van der Waals surface area (Å²) in [7, 11) is 1.32. The van der Waals surface area contributed by atoms with Crippen molar-refractivity contribution in [1.29, 1.82) is 0 Å². The highest BCUT2D eigenvalue weighted by atomic mass is 35.5. The molecule has 1 N–H and O–H groups in total. The fraction of sp³-hybridized carbons (Fsp3) is 0.417. The number of halogens is 2. The van der Waals surface area contributed by atoms with E-state index in [1.54, 1.807) is 30.3 Å². The quantitative estimate of drug-likeness (QED) is 0.481. The van der Waals surface area contributed by atoms with Gasteiger partial charge in [0, 0.05) is 15.7 Å². The third-order valence-corrected chi connectivity index (χ3v) is 6.43. The molecule has 0 aliphatic heterocycles. The van der Waals surface area contributed by atoms with E-state index in [0.29, 0.717) is 34.3 Å². The molecule has 1 amide bonds. The largest absolute Gasteiger partial charge is 0.490 e. The molecule has 7 heteroatoms. The summed E-state index contributed by atoms with van der Waals surface area (Å²) in [4.78, 5) is 25.8. The van der Waals surface area contributed by atoms with Crippen LogP contribution in [0.25, 0.3) is 0 Å². The van der Waals surface area contributed by atoms with Crippen LogP contribution in [0.15, 0.2) is 36.4 Å². The van der Waals surface area contributed by atoms with Gasteiger partial charge in [0.15, 0.2) is 0 Å². The lowest BCUT2D eigenvalue weighted by molar-refractivity contribution is -0.121. The minimum Gasteiger partial charge on any atom is -0.490 e. The van der Waals surface area contributed by atoms with E-state index in [4.69, 9.17) is 32.7 Å². The van der Waals surface area contributed by atoms with Gasteiger partial charge in [0.05, 0.1) is 18.6 Å². The first-order valence-electron chi connectivity index (χ1n) is 10.5. The molecule has 0 aromatic heterocycles. The van der Waals surface area contributed by atoms with Gasteiger partial charge >= 0.3 is 5.97 Å². The lowest BCUT2D eigenvalue weighted by atomic mass is 9.78. The second-order valence-corrected chi connectivity index (χ2v) is 8.75. The molecular weight excluding hydrogens is 437 g/mol. The Morgan fingerprint density at radius 2 is 1.84 bits per heavy atom. The molecule has 5 nitrogen and oxygen atoms in total. The van der Waals surface area contributed by atoms with Crippen LogP contribution < -0.4 is 10.1 Å². The predicted molar refractivity (Wildman–Crippen MR) is 123 cm³/mol. The number of carbonyl (C=O) groups excluding carboxylic acids is 2. The van der Waals surface area contributed by atoms with Crippen molar-refractivity contribution in [3.63, 3.8) is 0 Å². The number of methoxy groups -OCH3 is 1. The number of ether oxygens (including phenoxy) is 2. The summed E-state index contributed by atoms with van der Waals surface area (Å²) in [5.74, 6) is -0.248. The zero-order valence-corrected chi connectivity index (χ0v) is 19.5. The standard InChI is InChI=1S/C24H27Cl2NO4/c1-4-15(2)31-21-10-8-17(14-18(21)22(28)30-3)27-23(29)24(11-5-6-12-24)19-9-7-16(25)13-20(19)26/h7-10,13-15H,4-6,11-12H2,1-3H3,(H,27,29). The van der Waals surface area contributed by atoms with Gasteiger partial charge in [-0.25, -0.2) is 4.79 Å². The Hall–Kier alpha value is -2.24. The van der Waals surface area contributed by atoms with Crippen molar-refractivity contribution >= 4 is 40.8 Å². The first-order chi connectivity index (χ1) is 14.8. The van der Waals surface area contributed by atoms with Crippen LogP contribution in [0.1, 0.15) is 61.9 Å². The van der Waals surface area contributed by atoms with Crippen LogP contribution >= 0.6 is 23.2 Å². The minimum atomic E-state index is -0.737. The summed E-state index contributed by atoms with van der Waals surface area (Å²) in [6, 6.07) is 10.3. The van der Waals surface area contributed by atoms with Crippen LogP contribution in [0.4, 0.5) is 5.69 Å². The second kappa shape index (κ2) is 9.92. The number of carbonyl (C=O) groups is 2. The SMILES string of the molecule is CCC(C)Oc1ccc(NC(=O)C2(c3ccc(Cl)cc3Cl)CCCC2)cc1C(=O)OC. The van der Waals surface area contributed by atoms with Crippen molar-refractivity contribution in [2.75, 3.05) is 12.4 Å². The molecule has 0 heterocycles. The molecule has 1 saturated carbocycles. The number of esters is 1. The Labute approximate surface area is 193 Å². The maximum atomic E-state index is 13.5. The number of amides is 1. The topological polar surface area (TPSA) is 64.6 Å². The molecule has 1 atom stereocenters. The summed E-state index contributed by atoms with van der Waals surface area (Å²) >= 11 is 12.5. The van der Waals surface area contributed by atoms with Crippen LogP contribution in [-0.2, 0) is 14.9 Å². The molecule has 0 bridgehead atoms. The average Bonchev–Trinajstić information content (AvgIpc) is 3.25. The molecule has 166 valence electrons. The summed E-state index contributed by atoms with van der Waals surface area (Å²) < 4.78 is 10.8. The Kier molecular flexibility index (Phi) is 7.50. The molecule has 2 aromatic rings. The van der Waals surface area contributed by atoms with Crippen LogP contribution in [0.3, 0.4) is 0 Å². The number of benzene rings is 2. The number of rotatable bonds is 7. The molecule has 3 rings (SSSR count). The van der Waals surface area contributed by atoms with Crippen molar-refractivity contribution in [2.45, 2.75) is 57.5 Å². The predicted octanol–water partition coefficient (Wildman–Crippen LogP) is 6.41. The van der Waals surface area contributed by atoms with E-state index in [-0.39, 0.29) is 17.6 Å². The van der Waals surface area contributed by atoms with Crippen molar-refractivity contribution in [2.24, 2.45) is 0 Å². The monoisotopic (exact) mass is 463 g/mol. The van der Waals surface area contributed by atoms with Crippen LogP contribution in [0.2, 0.25) is 10.0 Å². The Balaban J connectivity index is 1.93. The molecule has 0 spiro atoms. The summed E-state index contributed by atoms with van der Waals surface area (Å²) in [5.41, 5.74) is 0.807. The van der Waals surface area contributed by atoms with Gasteiger partial charge in [0.25, 0.3) is 0 Å². The third-order valence-electron chi connectivity index (χ3n) is 5.88. The van der Waals surface area contributed by atoms with Crippen molar-refractivity contribution in [3.8, 4) is 5.75 Å². The average molecular weight is 464 g/mol. The van der Waals surface area contributed by atoms with Crippen molar-refractivity contribution in [1.82, 2.24) is 0 Å². The zero-order chi connectivity index (χ0) is 22.6. The second-order valence-electron chi connectivity index (χ2n) is 7.91. The van der Waals surface area contributed by atoms with E-state index in [1.165, 1.54) is 7.11 Å². The number of anilines is 1. The molecule has 1 aliphatic rings. The van der Waals surface area contributed by atoms with Gasteiger partial charge in [-0.1, -0.05) is 49.0 Å². The van der Waals surface area contributed by atoms with Crippen LogP contribution in [0.5, 0.6) is 5.75 Å². The highest BCUT2D eigenvalue weighted by Crippen LogP contribution is 2.45. The van der Waals surface area contributed by atoms with Gasteiger partial charge in [-0.15, -0.1) is 0 Å². The number of hydrogen-bond donors (Lipinski definition) is 1. The third kappa shape index (κ3) is 4.99. The van der Waals surface area contributed by atoms with Crippen molar-refractivity contribution in [3.05, 3.63) is 57.6 Å². The van der Waals surface area contributed by atoms with Gasteiger partial charge in [-0.3, -0.25) is 4.79 Å². The van der Waals surface area contributed by atoms with Gasteiger partial charge in [-0.2, -0.15) is 0 Å². The Morgan fingerprint density at radius 3 is 2.45 bits per heavy atom. The summed E-state index contributed by atoms with van der Waals surface area (Å²) in [6.07, 6.45) is 3.99. The van der Waals surface area contributed by atoms with E-state index < -0.39 is 11.4 Å². The van der Waals surface area contributed by atoms with Gasteiger partial charge in [-0.05, 0) is 62.1 Å². The van der Waals surface area contributed by atoms with Crippen LogP contribution in [-0.4, -0.2) is 25.1 Å². The van der Waals surface area contributed by atoms with Gasteiger partial charge in [0.1, 0.15) is 11.3 Å². The van der Waals surface area contributed by atoms with E-state index in [0.717, 1.165) is 24.8 Å². The molecule has 1 unspecified atom stereocenters. The van der Waals surface area contributed by atoms with Gasteiger partial charge < -0.3 is 14.8 Å². The molecule has 2 aromatic carbocycles. The maximum Gasteiger partial charge on any atom is 0.341 e. The fourth-order valence-corrected chi connectivity index (χ4v) is 4.60. The van der Waals surface area contributed by atoms with Crippen LogP contribution in [0, 0.1) is 0 Å². The molecular formula is C24H27Cl2NO4. The Bertz CT molecular complexity index is 970. The fourth-order valence-electron chi connectivity index (χ4n) is 4.01. The highest BCUT2D eigenvalue weighted by Gasteiger charge is 2.44. The molecule has 1 aliphatic carbocycles.